The molecular formula is C12H18FNOS. The van der Waals surface area contributed by atoms with Gasteiger partial charge >= 0.3 is 0 Å². The van der Waals surface area contributed by atoms with Crippen LogP contribution in [-0.4, -0.2) is 26.5 Å². The lowest BCUT2D eigenvalue weighted by molar-refractivity contribution is 0.200. The molecule has 0 amide bonds. The topological polar surface area (TPSA) is 21.3 Å². The Balaban J connectivity index is 2.47. The molecule has 1 aromatic carbocycles. The van der Waals surface area contributed by atoms with Gasteiger partial charge in [0, 0.05) is 30.9 Å². The van der Waals surface area contributed by atoms with E-state index in [2.05, 4.69) is 5.32 Å². The monoisotopic (exact) mass is 243 g/mol. The zero-order valence-corrected chi connectivity index (χ0v) is 10.6. The standard InChI is InChI=1S/C12H18FNOS/c1-14-9-10-4-5-12(11(13)8-10)16-7-3-6-15-2/h4-5,8,14H,3,6-7,9H2,1-2H3. The molecule has 16 heavy (non-hydrogen) atoms. The van der Waals surface area contributed by atoms with Gasteiger partial charge in [-0.15, -0.1) is 11.8 Å². The molecule has 0 aliphatic heterocycles. The predicted octanol–water partition coefficient (Wildman–Crippen LogP) is 2.67. The van der Waals surface area contributed by atoms with Gasteiger partial charge in [-0.25, -0.2) is 4.39 Å². The van der Waals surface area contributed by atoms with Crippen molar-refractivity contribution in [1.82, 2.24) is 5.32 Å². The molecule has 1 aromatic rings. The van der Waals surface area contributed by atoms with Gasteiger partial charge in [0.2, 0.25) is 0 Å². The Labute approximate surface area is 101 Å². The number of nitrogens with one attached hydrogen (secondary N) is 1. The van der Waals surface area contributed by atoms with Crippen LogP contribution in [0.15, 0.2) is 23.1 Å². The fraction of sp³-hybridized carbons (Fsp3) is 0.500. The van der Waals surface area contributed by atoms with Crippen molar-refractivity contribution in [2.75, 3.05) is 26.5 Å². The number of thioether (sulfide) groups is 1. The maximum atomic E-state index is 13.6. The van der Waals surface area contributed by atoms with Crippen molar-refractivity contribution >= 4 is 11.8 Å². The molecule has 0 atom stereocenters. The molecule has 0 saturated carbocycles. The number of methoxy groups -OCH3 is 1. The number of ether oxygens (including phenoxy) is 1. The first kappa shape index (κ1) is 13.5. The van der Waals surface area contributed by atoms with E-state index < -0.39 is 0 Å². The van der Waals surface area contributed by atoms with Gasteiger partial charge in [0.15, 0.2) is 0 Å². The van der Waals surface area contributed by atoms with Crippen LogP contribution in [0.2, 0.25) is 0 Å². The molecule has 0 fully saturated rings. The van der Waals surface area contributed by atoms with Crippen molar-refractivity contribution in [3.63, 3.8) is 0 Å². The SMILES string of the molecule is CNCc1ccc(SCCCOC)c(F)c1. The average molecular weight is 243 g/mol. The van der Waals surface area contributed by atoms with Crippen LogP contribution in [0.4, 0.5) is 4.39 Å². The fourth-order valence-corrected chi connectivity index (χ4v) is 2.20. The van der Waals surface area contributed by atoms with Crippen molar-refractivity contribution in [2.45, 2.75) is 17.9 Å². The maximum Gasteiger partial charge on any atom is 0.137 e. The summed E-state index contributed by atoms with van der Waals surface area (Å²) in [6.07, 6.45) is 0.943. The summed E-state index contributed by atoms with van der Waals surface area (Å²) >= 11 is 1.54. The molecule has 2 nitrogen and oxygen atoms in total. The molecule has 1 rings (SSSR count). The Morgan fingerprint density at radius 3 is 2.88 bits per heavy atom. The third-order valence-corrected chi connectivity index (χ3v) is 3.26. The quantitative estimate of drug-likeness (QED) is 0.587. The van der Waals surface area contributed by atoms with E-state index in [0.717, 1.165) is 29.2 Å². The summed E-state index contributed by atoms with van der Waals surface area (Å²) in [4.78, 5) is 0.718. The lowest BCUT2D eigenvalue weighted by Crippen LogP contribution is -2.05. The first-order valence-electron chi connectivity index (χ1n) is 5.32. The van der Waals surface area contributed by atoms with Crippen LogP contribution >= 0.6 is 11.8 Å². The van der Waals surface area contributed by atoms with E-state index in [0.29, 0.717) is 6.54 Å². The van der Waals surface area contributed by atoms with Gasteiger partial charge in [-0.3, -0.25) is 0 Å². The van der Waals surface area contributed by atoms with Crippen molar-refractivity contribution in [2.24, 2.45) is 0 Å². The molecule has 0 spiro atoms. The number of hydrogen-bond acceptors (Lipinski definition) is 3. The Bertz CT molecular complexity index is 320. The van der Waals surface area contributed by atoms with Gasteiger partial charge in [0.25, 0.3) is 0 Å². The summed E-state index contributed by atoms with van der Waals surface area (Å²) in [7, 11) is 3.53. The van der Waals surface area contributed by atoms with Crippen LogP contribution in [0.5, 0.6) is 0 Å². The Hall–Kier alpha value is -0.580. The van der Waals surface area contributed by atoms with Crippen LogP contribution in [0.25, 0.3) is 0 Å². The van der Waals surface area contributed by atoms with Gasteiger partial charge < -0.3 is 10.1 Å². The van der Waals surface area contributed by atoms with Gasteiger partial charge in [-0.05, 0) is 31.2 Å². The first-order valence-corrected chi connectivity index (χ1v) is 6.31. The molecule has 0 radical (unpaired) electrons. The largest absolute Gasteiger partial charge is 0.385 e. The maximum absolute atomic E-state index is 13.6. The minimum absolute atomic E-state index is 0.129. The summed E-state index contributed by atoms with van der Waals surface area (Å²) in [5, 5.41) is 3.00. The number of halogens is 1. The number of benzene rings is 1. The highest BCUT2D eigenvalue weighted by Crippen LogP contribution is 2.23. The summed E-state index contributed by atoms with van der Waals surface area (Å²) in [5.74, 6) is 0.756. The molecule has 0 saturated heterocycles. The van der Waals surface area contributed by atoms with Crippen LogP contribution in [-0.2, 0) is 11.3 Å². The molecule has 0 heterocycles. The molecule has 0 bridgehead atoms. The van der Waals surface area contributed by atoms with Crippen LogP contribution in [0, 0.1) is 5.82 Å². The highest BCUT2D eigenvalue weighted by molar-refractivity contribution is 7.99. The molecule has 90 valence electrons. The third-order valence-electron chi connectivity index (χ3n) is 2.13. The van der Waals surface area contributed by atoms with E-state index in [-0.39, 0.29) is 5.82 Å². The first-order chi connectivity index (χ1) is 7.77. The highest BCUT2D eigenvalue weighted by Gasteiger charge is 2.03. The van der Waals surface area contributed by atoms with E-state index in [1.54, 1.807) is 13.2 Å². The Morgan fingerprint density at radius 2 is 2.25 bits per heavy atom. The molecule has 4 heteroatoms. The van der Waals surface area contributed by atoms with Crippen LogP contribution in [0.1, 0.15) is 12.0 Å². The van der Waals surface area contributed by atoms with Gasteiger partial charge in [-0.1, -0.05) is 6.07 Å². The van der Waals surface area contributed by atoms with E-state index in [1.807, 2.05) is 19.2 Å². The van der Waals surface area contributed by atoms with Crippen LogP contribution in [0.3, 0.4) is 0 Å². The second kappa shape index (κ2) is 7.65. The van der Waals surface area contributed by atoms with Gasteiger partial charge in [-0.2, -0.15) is 0 Å². The molecule has 0 aliphatic rings. The highest BCUT2D eigenvalue weighted by atomic mass is 32.2. The minimum Gasteiger partial charge on any atom is -0.385 e. The zero-order chi connectivity index (χ0) is 11.8. The second-order valence-corrected chi connectivity index (χ2v) is 4.63. The van der Waals surface area contributed by atoms with E-state index in [4.69, 9.17) is 4.74 Å². The minimum atomic E-state index is -0.129. The Morgan fingerprint density at radius 1 is 1.44 bits per heavy atom. The summed E-state index contributed by atoms with van der Waals surface area (Å²) in [5.41, 5.74) is 0.973. The summed E-state index contributed by atoms with van der Waals surface area (Å²) < 4.78 is 18.5. The van der Waals surface area contributed by atoms with Crippen molar-refractivity contribution in [3.8, 4) is 0 Å². The molecule has 0 aromatic heterocycles. The second-order valence-electron chi connectivity index (χ2n) is 3.49. The van der Waals surface area contributed by atoms with Crippen molar-refractivity contribution < 1.29 is 9.13 Å². The lowest BCUT2D eigenvalue weighted by Gasteiger charge is -2.05. The average Bonchev–Trinajstić information content (AvgIpc) is 2.27. The number of rotatable bonds is 7. The number of hydrogen-bond donors (Lipinski definition) is 1. The van der Waals surface area contributed by atoms with Crippen molar-refractivity contribution in [1.29, 1.82) is 0 Å². The molecule has 1 N–H and O–H groups in total. The normalized spacial score (nSPS) is 10.7. The zero-order valence-electron chi connectivity index (χ0n) is 9.75. The molecule has 0 unspecified atom stereocenters. The fourth-order valence-electron chi connectivity index (χ4n) is 1.36. The smallest absolute Gasteiger partial charge is 0.137 e. The van der Waals surface area contributed by atoms with E-state index in [9.17, 15) is 4.39 Å². The van der Waals surface area contributed by atoms with Crippen LogP contribution < -0.4 is 5.32 Å². The predicted molar refractivity (Wildman–Crippen MR) is 66.4 cm³/mol. The lowest BCUT2D eigenvalue weighted by atomic mass is 10.2. The van der Waals surface area contributed by atoms with Gasteiger partial charge in [0.1, 0.15) is 5.82 Å². The Kier molecular flexibility index (Phi) is 6.45. The van der Waals surface area contributed by atoms with E-state index in [1.165, 1.54) is 11.8 Å². The third kappa shape index (κ3) is 4.51. The molecular weight excluding hydrogens is 225 g/mol. The van der Waals surface area contributed by atoms with Gasteiger partial charge in [0.05, 0.1) is 0 Å². The van der Waals surface area contributed by atoms with E-state index >= 15 is 0 Å². The molecule has 0 aliphatic carbocycles. The summed E-state index contributed by atoms with van der Waals surface area (Å²) in [6, 6.07) is 5.40. The van der Waals surface area contributed by atoms with Crippen molar-refractivity contribution in [3.05, 3.63) is 29.6 Å². The summed E-state index contributed by atoms with van der Waals surface area (Å²) in [6.45, 7) is 1.43.